The second-order valence-electron chi connectivity index (χ2n) is 6.28. The summed E-state index contributed by atoms with van der Waals surface area (Å²) in [6.45, 7) is 0.941. The van der Waals surface area contributed by atoms with E-state index in [1.165, 1.54) is 6.20 Å². The molecular formula is C20H27N5O3. The molecule has 28 heavy (non-hydrogen) atoms. The summed E-state index contributed by atoms with van der Waals surface area (Å²) in [6, 6.07) is 9.56. The molecule has 150 valence electrons. The molecule has 5 N–H and O–H groups in total. The van der Waals surface area contributed by atoms with E-state index in [0.29, 0.717) is 25.2 Å². The molecule has 3 rings (SSSR count). The fraction of sp³-hybridized carbons (Fsp3) is 0.350. The summed E-state index contributed by atoms with van der Waals surface area (Å²) in [4.78, 5) is 29.7. The summed E-state index contributed by atoms with van der Waals surface area (Å²) in [5.74, 6) is -0.166. The van der Waals surface area contributed by atoms with Crippen molar-refractivity contribution in [3.8, 4) is 0 Å². The van der Waals surface area contributed by atoms with Crippen LogP contribution in [0.4, 0.5) is 0 Å². The molecule has 0 bridgehead atoms. The van der Waals surface area contributed by atoms with Gasteiger partial charge in [-0.15, -0.1) is 0 Å². The van der Waals surface area contributed by atoms with E-state index in [1.54, 1.807) is 17.3 Å². The summed E-state index contributed by atoms with van der Waals surface area (Å²) in [7, 11) is 1.00. The van der Waals surface area contributed by atoms with Crippen molar-refractivity contribution in [2.45, 2.75) is 31.6 Å². The molecular weight excluding hydrogens is 358 g/mol. The van der Waals surface area contributed by atoms with Crippen LogP contribution in [0.1, 0.15) is 18.4 Å². The number of amides is 1. The van der Waals surface area contributed by atoms with Gasteiger partial charge in [0.2, 0.25) is 0 Å². The molecule has 2 aliphatic rings. The van der Waals surface area contributed by atoms with Crippen LogP contribution in [0.2, 0.25) is 0 Å². The molecule has 2 atom stereocenters. The number of nitrogens with zero attached hydrogens (tertiary/aromatic N) is 2. The van der Waals surface area contributed by atoms with Crippen LogP contribution < -0.4 is 16.4 Å². The number of benzene rings is 1. The van der Waals surface area contributed by atoms with E-state index in [9.17, 15) is 9.59 Å². The maximum Gasteiger partial charge on any atom is 0.273 e. The van der Waals surface area contributed by atoms with Gasteiger partial charge in [0.15, 0.2) is 0 Å². The molecule has 1 amide bonds. The number of nitrogens with one attached hydrogen (secondary N) is 2. The highest BCUT2D eigenvalue weighted by atomic mass is 16.2. The van der Waals surface area contributed by atoms with Crippen LogP contribution >= 0.6 is 0 Å². The molecule has 0 saturated carbocycles. The molecule has 0 aromatic heterocycles. The van der Waals surface area contributed by atoms with E-state index in [4.69, 9.17) is 10.8 Å². The number of fused-ring (bicyclic) bond motifs is 1. The monoisotopic (exact) mass is 385 g/mol. The van der Waals surface area contributed by atoms with Crippen molar-refractivity contribution in [3.05, 3.63) is 59.6 Å². The lowest BCUT2D eigenvalue weighted by Crippen LogP contribution is -2.53. The molecule has 8 nitrogen and oxygen atoms in total. The Morgan fingerprint density at radius 1 is 1.36 bits per heavy atom. The quantitative estimate of drug-likeness (QED) is 0.395. The molecule has 1 fully saturated rings. The minimum absolute atomic E-state index is 0.0970. The second-order valence-corrected chi connectivity index (χ2v) is 6.28. The number of aldehydes is 1. The Labute approximate surface area is 164 Å². The highest BCUT2D eigenvalue weighted by Crippen LogP contribution is 2.25. The zero-order chi connectivity index (χ0) is 20.4. The molecule has 0 aliphatic carbocycles. The summed E-state index contributed by atoms with van der Waals surface area (Å²) in [5, 5.41) is 13.2. The van der Waals surface area contributed by atoms with Gasteiger partial charge in [0.25, 0.3) is 5.91 Å². The second kappa shape index (κ2) is 10.9. The predicted octanol–water partition coefficient (Wildman–Crippen LogP) is 0.259. The standard InChI is InChI=1S/C19H23N5O2.CH4O/c20-8-15(10-21-9-14-4-2-1-3-5-14)11-22-17-12-23-18-7-6-16(13-25)24(18)19(17)26;1-2/h1-5,8,10,12-13,16,18,22-23H,6-7,9,11,20H2;2H,1H3/b15-8+,21-10?;. The summed E-state index contributed by atoms with van der Waals surface area (Å²) in [6.07, 6.45) is 7.05. The van der Waals surface area contributed by atoms with Gasteiger partial charge in [-0.05, 0) is 18.4 Å². The van der Waals surface area contributed by atoms with Gasteiger partial charge in [0.1, 0.15) is 18.1 Å². The molecule has 8 heteroatoms. The molecule has 2 heterocycles. The maximum atomic E-state index is 12.6. The number of carbonyl (C=O) groups excluding carboxylic acids is 2. The van der Waals surface area contributed by atoms with Crippen LogP contribution in [0.25, 0.3) is 0 Å². The number of carbonyl (C=O) groups is 2. The van der Waals surface area contributed by atoms with Crippen LogP contribution in [-0.2, 0) is 16.1 Å². The molecule has 1 aromatic carbocycles. The first-order valence-electron chi connectivity index (χ1n) is 9.10. The predicted molar refractivity (Wildman–Crippen MR) is 108 cm³/mol. The molecule has 1 saturated heterocycles. The van der Waals surface area contributed by atoms with Crippen LogP contribution in [0, 0.1) is 0 Å². The zero-order valence-electron chi connectivity index (χ0n) is 15.9. The van der Waals surface area contributed by atoms with Crippen molar-refractivity contribution < 1.29 is 14.7 Å². The minimum atomic E-state index is -0.359. The average Bonchev–Trinajstić information content (AvgIpc) is 3.18. The maximum absolute atomic E-state index is 12.6. The molecule has 2 unspecified atom stereocenters. The van der Waals surface area contributed by atoms with Gasteiger partial charge in [-0.3, -0.25) is 9.79 Å². The molecule has 1 aromatic rings. The van der Waals surface area contributed by atoms with Crippen LogP contribution in [0.15, 0.2) is 59.0 Å². The number of hydrogen-bond acceptors (Lipinski definition) is 7. The number of hydrogen-bond donors (Lipinski definition) is 4. The van der Waals surface area contributed by atoms with Crippen molar-refractivity contribution in [2.75, 3.05) is 13.7 Å². The van der Waals surface area contributed by atoms with E-state index < -0.39 is 0 Å². The van der Waals surface area contributed by atoms with E-state index in [0.717, 1.165) is 31.0 Å². The summed E-state index contributed by atoms with van der Waals surface area (Å²) < 4.78 is 0. The third kappa shape index (κ3) is 5.20. The van der Waals surface area contributed by atoms with Crippen molar-refractivity contribution >= 4 is 18.4 Å². The first kappa shape index (κ1) is 21.2. The summed E-state index contributed by atoms with van der Waals surface area (Å²) >= 11 is 0. The van der Waals surface area contributed by atoms with Gasteiger partial charge in [0, 0.05) is 37.8 Å². The van der Waals surface area contributed by atoms with Crippen LogP contribution in [0.5, 0.6) is 0 Å². The Bertz CT molecular complexity index is 745. The smallest absolute Gasteiger partial charge is 0.273 e. The lowest BCUT2D eigenvalue weighted by molar-refractivity contribution is -0.134. The van der Waals surface area contributed by atoms with E-state index in [1.807, 2.05) is 30.3 Å². The Kier molecular flexibility index (Phi) is 8.23. The van der Waals surface area contributed by atoms with Gasteiger partial charge in [-0.2, -0.15) is 0 Å². The van der Waals surface area contributed by atoms with E-state index in [-0.39, 0.29) is 18.1 Å². The SMILES string of the molecule is CO.N/C=C(\C=NCc1ccccc1)CNC1=CNC2CCC(C=O)N2C1=O. The normalized spacial score (nSPS) is 21.4. The highest BCUT2D eigenvalue weighted by molar-refractivity contribution is 5.96. The van der Waals surface area contributed by atoms with Gasteiger partial charge >= 0.3 is 0 Å². The molecule has 2 aliphatic heterocycles. The molecule has 0 spiro atoms. The van der Waals surface area contributed by atoms with Crippen LogP contribution in [0.3, 0.4) is 0 Å². The topological polar surface area (TPSA) is 120 Å². The number of aliphatic hydroxyl groups excluding tert-OH is 1. The fourth-order valence-electron chi connectivity index (χ4n) is 3.13. The minimum Gasteiger partial charge on any atom is -0.404 e. The lowest BCUT2D eigenvalue weighted by atomic mass is 10.2. The van der Waals surface area contributed by atoms with E-state index in [2.05, 4.69) is 15.6 Å². The van der Waals surface area contributed by atoms with Crippen molar-refractivity contribution in [1.82, 2.24) is 15.5 Å². The first-order chi connectivity index (χ1) is 13.7. The third-order valence-corrected chi connectivity index (χ3v) is 4.54. The van der Waals surface area contributed by atoms with Gasteiger partial charge in [-0.1, -0.05) is 30.3 Å². The molecule has 0 radical (unpaired) electrons. The average molecular weight is 385 g/mol. The van der Waals surface area contributed by atoms with Gasteiger partial charge < -0.3 is 31.2 Å². The zero-order valence-corrected chi connectivity index (χ0v) is 15.9. The van der Waals surface area contributed by atoms with E-state index >= 15 is 0 Å². The summed E-state index contributed by atoms with van der Waals surface area (Å²) in [5.41, 5.74) is 7.97. The van der Waals surface area contributed by atoms with Crippen molar-refractivity contribution in [1.29, 1.82) is 0 Å². The Hall–Kier alpha value is -3.13. The van der Waals surface area contributed by atoms with Crippen molar-refractivity contribution in [2.24, 2.45) is 10.7 Å². The Morgan fingerprint density at radius 2 is 2.11 bits per heavy atom. The lowest BCUT2D eigenvalue weighted by Gasteiger charge is -2.33. The number of aliphatic imine (C=N–C) groups is 1. The number of aliphatic hydroxyl groups is 1. The first-order valence-corrected chi connectivity index (χ1v) is 9.10. The Balaban J connectivity index is 0.00000136. The van der Waals surface area contributed by atoms with Crippen molar-refractivity contribution in [3.63, 3.8) is 0 Å². The fourth-order valence-corrected chi connectivity index (χ4v) is 3.13. The number of nitrogens with two attached hydrogens (primary N) is 1. The van der Waals surface area contributed by atoms with Gasteiger partial charge in [0.05, 0.1) is 12.6 Å². The third-order valence-electron chi connectivity index (χ3n) is 4.54. The van der Waals surface area contributed by atoms with Gasteiger partial charge in [-0.25, -0.2) is 0 Å². The number of rotatable bonds is 7. The highest BCUT2D eigenvalue weighted by Gasteiger charge is 2.39. The van der Waals surface area contributed by atoms with Crippen LogP contribution in [-0.4, -0.2) is 54.3 Å². The largest absolute Gasteiger partial charge is 0.404 e. The Morgan fingerprint density at radius 3 is 2.79 bits per heavy atom.